The summed E-state index contributed by atoms with van der Waals surface area (Å²) in [6.07, 6.45) is 0. The van der Waals surface area contributed by atoms with Gasteiger partial charge >= 0.3 is 0 Å². The summed E-state index contributed by atoms with van der Waals surface area (Å²) in [6.45, 7) is 2.89. The number of sulfonamides is 1. The van der Waals surface area contributed by atoms with Gasteiger partial charge in [0.1, 0.15) is 12.6 Å². The molecule has 2 amide bonds. The maximum absolute atomic E-state index is 13.7. The lowest BCUT2D eigenvalue weighted by molar-refractivity contribution is -0.139. The van der Waals surface area contributed by atoms with E-state index >= 15 is 0 Å². The van der Waals surface area contributed by atoms with Gasteiger partial charge in [0.2, 0.25) is 11.8 Å². The van der Waals surface area contributed by atoms with Gasteiger partial charge in [0, 0.05) is 23.1 Å². The third kappa shape index (κ3) is 6.27. The summed E-state index contributed by atoms with van der Waals surface area (Å²) in [5, 5.41) is 2.94. The zero-order valence-electron chi connectivity index (χ0n) is 20.1. The van der Waals surface area contributed by atoms with Gasteiger partial charge in [-0.05, 0) is 61.4 Å². The number of hydrogen-bond donors (Lipinski definition) is 1. The molecule has 3 aromatic rings. The van der Waals surface area contributed by atoms with Crippen LogP contribution in [0.4, 0.5) is 5.69 Å². The summed E-state index contributed by atoms with van der Waals surface area (Å²) in [5.74, 6) is -0.903. The van der Waals surface area contributed by atoms with E-state index < -0.39 is 28.5 Å². The Labute approximate surface area is 225 Å². The number of nitrogens with one attached hydrogen (secondary N) is 1. The molecule has 0 saturated carbocycles. The number of carbonyl (C=O) groups is 2. The number of carbonyl (C=O) groups excluding carboxylic acids is 2. The minimum absolute atomic E-state index is 0.0371. The highest BCUT2D eigenvalue weighted by molar-refractivity contribution is 9.10. The van der Waals surface area contributed by atoms with Crippen molar-refractivity contribution in [2.45, 2.75) is 31.3 Å². The van der Waals surface area contributed by atoms with Gasteiger partial charge in [-0.1, -0.05) is 63.9 Å². The minimum Gasteiger partial charge on any atom is -0.357 e. The van der Waals surface area contributed by atoms with Crippen molar-refractivity contribution in [3.63, 3.8) is 0 Å². The van der Waals surface area contributed by atoms with Crippen molar-refractivity contribution in [3.8, 4) is 0 Å². The molecule has 10 heteroatoms. The van der Waals surface area contributed by atoms with E-state index in [0.717, 1.165) is 14.3 Å². The number of nitrogens with zero attached hydrogens (tertiary/aromatic N) is 2. The van der Waals surface area contributed by atoms with Crippen molar-refractivity contribution in [3.05, 3.63) is 93.4 Å². The molecule has 0 heterocycles. The predicted molar refractivity (Wildman–Crippen MR) is 145 cm³/mol. The van der Waals surface area contributed by atoms with Gasteiger partial charge in [0.15, 0.2) is 0 Å². The Morgan fingerprint density at radius 2 is 1.69 bits per heavy atom. The second kappa shape index (κ2) is 11.9. The van der Waals surface area contributed by atoms with Crippen molar-refractivity contribution < 1.29 is 18.0 Å². The lowest BCUT2D eigenvalue weighted by Crippen LogP contribution is -2.50. The molecule has 3 aromatic carbocycles. The van der Waals surface area contributed by atoms with E-state index in [9.17, 15) is 18.0 Å². The van der Waals surface area contributed by atoms with Crippen LogP contribution in [0.1, 0.15) is 18.1 Å². The number of halogens is 2. The lowest BCUT2D eigenvalue weighted by atomic mass is 10.1. The summed E-state index contributed by atoms with van der Waals surface area (Å²) >= 11 is 9.74. The fourth-order valence-electron chi connectivity index (χ4n) is 3.72. The molecule has 0 fully saturated rings. The summed E-state index contributed by atoms with van der Waals surface area (Å²) in [6, 6.07) is 19.3. The van der Waals surface area contributed by atoms with Crippen LogP contribution >= 0.6 is 27.5 Å². The van der Waals surface area contributed by atoms with Crippen LogP contribution in [0, 0.1) is 6.92 Å². The van der Waals surface area contributed by atoms with Gasteiger partial charge in [0.05, 0.1) is 10.6 Å². The van der Waals surface area contributed by atoms with Crippen LogP contribution in [0.25, 0.3) is 0 Å². The van der Waals surface area contributed by atoms with Gasteiger partial charge < -0.3 is 10.2 Å². The maximum Gasteiger partial charge on any atom is 0.264 e. The second-order valence-electron chi connectivity index (χ2n) is 8.15. The Hall–Kier alpha value is -2.88. The SMILES string of the molecule is CNC(=O)C(C)N(Cc1cccc(Br)c1)C(=O)CN(c1cccc(Cl)c1C)S(=O)(=O)c1ccccc1. The molecule has 190 valence electrons. The van der Waals surface area contributed by atoms with Crippen molar-refractivity contribution in [2.75, 3.05) is 17.9 Å². The highest BCUT2D eigenvalue weighted by atomic mass is 79.9. The minimum atomic E-state index is -4.13. The molecule has 36 heavy (non-hydrogen) atoms. The molecule has 0 aliphatic heterocycles. The third-order valence-corrected chi connectivity index (χ3v) is 8.45. The smallest absolute Gasteiger partial charge is 0.264 e. The third-order valence-electron chi connectivity index (χ3n) is 5.77. The van der Waals surface area contributed by atoms with Gasteiger partial charge in [-0.3, -0.25) is 13.9 Å². The maximum atomic E-state index is 13.7. The molecule has 0 radical (unpaired) electrons. The van der Waals surface area contributed by atoms with Crippen LogP contribution in [-0.4, -0.2) is 44.8 Å². The first-order valence-corrected chi connectivity index (χ1v) is 13.8. The van der Waals surface area contributed by atoms with Crippen LogP contribution < -0.4 is 9.62 Å². The van der Waals surface area contributed by atoms with E-state index in [1.165, 1.54) is 24.1 Å². The van der Waals surface area contributed by atoms with Crippen molar-refractivity contribution >= 4 is 55.1 Å². The molecule has 0 spiro atoms. The van der Waals surface area contributed by atoms with E-state index in [1.807, 2.05) is 24.3 Å². The Balaban J connectivity index is 2.07. The zero-order chi connectivity index (χ0) is 26.5. The van der Waals surface area contributed by atoms with E-state index in [2.05, 4.69) is 21.2 Å². The summed E-state index contributed by atoms with van der Waals surface area (Å²) in [5.41, 5.74) is 1.59. The second-order valence-corrected chi connectivity index (χ2v) is 11.3. The fourth-order valence-corrected chi connectivity index (χ4v) is 5.83. The number of hydrogen-bond acceptors (Lipinski definition) is 4. The molecule has 1 N–H and O–H groups in total. The van der Waals surface area contributed by atoms with Gasteiger partial charge in [-0.2, -0.15) is 0 Å². The van der Waals surface area contributed by atoms with Gasteiger partial charge in [0.25, 0.3) is 10.0 Å². The largest absolute Gasteiger partial charge is 0.357 e. The number of amides is 2. The highest BCUT2D eigenvalue weighted by Gasteiger charge is 2.33. The molecular weight excluding hydrogens is 566 g/mol. The molecule has 0 aliphatic carbocycles. The standard InChI is InChI=1S/C26H27BrClN3O4S/c1-18-23(28)13-8-14-24(18)31(36(34,35)22-11-5-4-6-12-22)17-25(32)30(19(2)26(33)29-3)16-20-9-7-10-21(27)15-20/h4-15,19H,16-17H2,1-3H3,(H,29,33). The first kappa shape index (κ1) is 27.7. The molecule has 7 nitrogen and oxygen atoms in total. The molecule has 0 saturated heterocycles. The van der Waals surface area contributed by atoms with Gasteiger partial charge in [-0.15, -0.1) is 0 Å². The van der Waals surface area contributed by atoms with Crippen molar-refractivity contribution in [1.82, 2.24) is 10.2 Å². The summed E-state index contributed by atoms with van der Waals surface area (Å²) in [7, 11) is -2.65. The Bertz CT molecular complexity index is 1350. The van der Waals surface area contributed by atoms with E-state index in [4.69, 9.17) is 11.6 Å². The molecule has 0 aromatic heterocycles. The first-order valence-electron chi connectivity index (χ1n) is 11.1. The van der Waals surface area contributed by atoms with E-state index in [0.29, 0.717) is 10.6 Å². The van der Waals surface area contributed by atoms with E-state index in [-0.39, 0.29) is 23.0 Å². The number of benzene rings is 3. The molecule has 0 aliphatic rings. The van der Waals surface area contributed by atoms with Crippen molar-refractivity contribution in [1.29, 1.82) is 0 Å². The predicted octanol–water partition coefficient (Wildman–Crippen LogP) is 4.77. The average molecular weight is 593 g/mol. The zero-order valence-corrected chi connectivity index (χ0v) is 23.3. The van der Waals surface area contributed by atoms with Crippen LogP contribution in [-0.2, 0) is 26.2 Å². The summed E-state index contributed by atoms with van der Waals surface area (Å²) in [4.78, 5) is 27.7. The highest BCUT2D eigenvalue weighted by Crippen LogP contribution is 2.31. The van der Waals surface area contributed by atoms with Crippen molar-refractivity contribution in [2.24, 2.45) is 0 Å². The number of likely N-dealkylation sites (N-methyl/N-ethyl adjacent to an activating group) is 1. The molecule has 1 atom stereocenters. The number of rotatable bonds is 9. The first-order chi connectivity index (χ1) is 17.1. The molecule has 0 bridgehead atoms. The quantitative estimate of drug-likeness (QED) is 0.388. The van der Waals surface area contributed by atoms with E-state index in [1.54, 1.807) is 50.2 Å². The van der Waals surface area contributed by atoms with Crippen LogP contribution in [0.15, 0.2) is 82.2 Å². The fraction of sp³-hybridized carbons (Fsp3) is 0.231. The van der Waals surface area contributed by atoms with Crippen LogP contribution in [0.5, 0.6) is 0 Å². The normalized spacial score (nSPS) is 12.0. The Kier molecular flexibility index (Phi) is 9.16. The molecular formula is C26H27BrClN3O4S. The Morgan fingerprint density at radius 1 is 1.03 bits per heavy atom. The average Bonchev–Trinajstić information content (AvgIpc) is 2.87. The molecule has 1 unspecified atom stereocenters. The number of anilines is 1. The monoisotopic (exact) mass is 591 g/mol. The topological polar surface area (TPSA) is 86.8 Å². The van der Waals surface area contributed by atoms with Crippen LogP contribution in [0.3, 0.4) is 0 Å². The van der Waals surface area contributed by atoms with Gasteiger partial charge in [-0.25, -0.2) is 8.42 Å². The Morgan fingerprint density at radius 3 is 2.33 bits per heavy atom. The van der Waals surface area contributed by atoms with Crippen LogP contribution in [0.2, 0.25) is 5.02 Å². The summed E-state index contributed by atoms with van der Waals surface area (Å²) < 4.78 is 29.4. The molecule has 3 rings (SSSR count). The lowest BCUT2D eigenvalue weighted by Gasteiger charge is -2.32.